The Bertz CT molecular complexity index is 831. The molecule has 10 heteroatoms. The molecule has 0 radical (unpaired) electrons. The first-order valence-corrected chi connectivity index (χ1v) is 10.5. The van der Waals surface area contributed by atoms with Crippen molar-refractivity contribution in [1.29, 1.82) is 0 Å². The van der Waals surface area contributed by atoms with Gasteiger partial charge in [0.25, 0.3) is 0 Å². The molecule has 2 aliphatic heterocycles. The number of rotatable bonds is 6. The number of likely N-dealkylation sites (N-methyl/N-ethyl adjacent to an activating group) is 4. The monoisotopic (exact) mass is 446 g/mol. The molecule has 1 aromatic carbocycles. The van der Waals surface area contributed by atoms with Crippen LogP contribution in [0.1, 0.15) is 11.1 Å². The van der Waals surface area contributed by atoms with Gasteiger partial charge < -0.3 is 29.8 Å². The number of hydrogen-bond donors (Lipinski definition) is 2. The van der Waals surface area contributed by atoms with Crippen LogP contribution in [-0.2, 0) is 32.0 Å². The minimum atomic E-state index is -0.859. The van der Waals surface area contributed by atoms with Crippen LogP contribution in [-0.4, -0.2) is 119 Å². The van der Waals surface area contributed by atoms with E-state index in [0.717, 1.165) is 11.1 Å². The molecule has 0 saturated carbocycles. The third-order valence-corrected chi connectivity index (χ3v) is 6.63. The molecule has 2 saturated heterocycles. The van der Waals surface area contributed by atoms with Crippen LogP contribution in [0.2, 0.25) is 0 Å². The lowest BCUT2D eigenvalue weighted by Gasteiger charge is -2.41. The zero-order valence-electron chi connectivity index (χ0n) is 18.8. The van der Waals surface area contributed by atoms with Gasteiger partial charge in [-0.15, -0.1) is 0 Å². The SMILES string of the molecule is CN1C(=O)C(Cc2ccc(CC3C(=O)N(C)C(CO)C(=O)N3C)cc2)N(C)C(=O)C1CO. The Morgan fingerprint density at radius 1 is 0.562 bits per heavy atom. The number of nitrogens with zero attached hydrogens (tertiary/aromatic N) is 4. The summed E-state index contributed by atoms with van der Waals surface area (Å²) in [5.74, 6) is -1.07. The summed E-state index contributed by atoms with van der Waals surface area (Å²) in [6, 6.07) is 4.33. The highest BCUT2D eigenvalue weighted by Crippen LogP contribution is 2.21. The number of hydrogen-bond acceptors (Lipinski definition) is 6. The van der Waals surface area contributed by atoms with Gasteiger partial charge in [-0.3, -0.25) is 19.2 Å². The van der Waals surface area contributed by atoms with Crippen LogP contribution in [0, 0.1) is 0 Å². The average molecular weight is 447 g/mol. The molecule has 2 heterocycles. The van der Waals surface area contributed by atoms with Crippen LogP contribution in [0.3, 0.4) is 0 Å². The normalized spacial score (nSPS) is 26.9. The lowest BCUT2D eigenvalue weighted by atomic mass is 9.95. The number of benzene rings is 1. The van der Waals surface area contributed by atoms with Crippen molar-refractivity contribution >= 4 is 23.6 Å². The molecule has 0 spiro atoms. The second-order valence-electron chi connectivity index (χ2n) is 8.45. The third kappa shape index (κ3) is 4.07. The van der Waals surface area contributed by atoms with Crippen molar-refractivity contribution in [3.8, 4) is 0 Å². The van der Waals surface area contributed by atoms with E-state index < -0.39 is 37.4 Å². The van der Waals surface area contributed by atoms with E-state index in [-0.39, 0.29) is 23.6 Å². The lowest BCUT2D eigenvalue weighted by molar-refractivity contribution is -0.160. The van der Waals surface area contributed by atoms with E-state index in [2.05, 4.69) is 0 Å². The molecule has 0 bridgehead atoms. The molecule has 1 aromatic rings. The van der Waals surface area contributed by atoms with Crippen molar-refractivity contribution in [2.24, 2.45) is 0 Å². The number of amides is 4. The number of piperazine rings is 2. The summed E-state index contributed by atoms with van der Waals surface area (Å²) in [6.07, 6.45) is 0.650. The van der Waals surface area contributed by atoms with E-state index >= 15 is 0 Å². The van der Waals surface area contributed by atoms with Crippen LogP contribution in [0.25, 0.3) is 0 Å². The van der Waals surface area contributed by atoms with E-state index in [0.29, 0.717) is 12.8 Å². The maximum absolute atomic E-state index is 12.7. The van der Waals surface area contributed by atoms with Crippen molar-refractivity contribution in [1.82, 2.24) is 19.6 Å². The Labute approximate surface area is 187 Å². The summed E-state index contributed by atoms with van der Waals surface area (Å²) in [4.78, 5) is 55.6. The summed E-state index contributed by atoms with van der Waals surface area (Å²) in [5.41, 5.74) is 1.69. The molecule has 2 fully saturated rings. The van der Waals surface area contributed by atoms with Gasteiger partial charge in [0.15, 0.2) is 0 Å². The van der Waals surface area contributed by atoms with Crippen molar-refractivity contribution in [3.63, 3.8) is 0 Å². The third-order valence-electron chi connectivity index (χ3n) is 6.63. The lowest BCUT2D eigenvalue weighted by Crippen LogP contribution is -2.64. The van der Waals surface area contributed by atoms with Crippen LogP contribution < -0.4 is 0 Å². The molecular formula is C22H30N4O6. The second kappa shape index (κ2) is 9.25. The summed E-state index contributed by atoms with van der Waals surface area (Å²) in [7, 11) is 6.16. The molecule has 0 aromatic heterocycles. The molecular weight excluding hydrogens is 416 g/mol. The Morgan fingerprint density at radius 3 is 1.09 bits per heavy atom. The van der Waals surface area contributed by atoms with Gasteiger partial charge in [-0.2, -0.15) is 0 Å². The van der Waals surface area contributed by atoms with E-state index in [1.54, 1.807) is 14.1 Å². The summed E-state index contributed by atoms with van der Waals surface area (Å²) < 4.78 is 0. The van der Waals surface area contributed by atoms with Crippen molar-refractivity contribution in [2.75, 3.05) is 41.4 Å². The Kier molecular flexibility index (Phi) is 6.85. The highest BCUT2D eigenvalue weighted by Gasteiger charge is 2.43. The quantitative estimate of drug-likeness (QED) is 0.526. The van der Waals surface area contributed by atoms with Gasteiger partial charge in [-0.1, -0.05) is 24.3 Å². The minimum absolute atomic E-state index is 0.232. The fourth-order valence-electron chi connectivity index (χ4n) is 4.32. The molecule has 10 nitrogen and oxygen atoms in total. The molecule has 0 aliphatic carbocycles. The highest BCUT2D eigenvalue weighted by molar-refractivity contribution is 5.97. The Morgan fingerprint density at radius 2 is 0.812 bits per heavy atom. The number of carbonyl (C=O) groups is 4. The largest absolute Gasteiger partial charge is 0.394 e. The van der Waals surface area contributed by atoms with Gasteiger partial charge in [0, 0.05) is 41.0 Å². The van der Waals surface area contributed by atoms with E-state index in [4.69, 9.17) is 0 Å². The number of carbonyl (C=O) groups excluding carboxylic acids is 4. The molecule has 4 unspecified atom stereocenters. The van der Waals surface area contributed by atoms with E-state index in [1.807, 2.05) is 24.3 Å². The maximum Gasteiger partial charge on any atom is 0.248 e. The smallest absolute Gasteiger partial charge is 0.248 e. The Hall–Kier alpha value is -2.98. The average Bonchev–Trinajstić information content (AvgIpc) is 2.79. The van der Waals surface area contributed by atoms with Crippen molar-refractivity contribution in [3.05, 3.63) is 35.4 Å². The Balaban J connectivity index is 1.70. The van der Waals surface area contributed by atoms with E-state index in [9.17, 15) is 29.4 Å². The fourth-order valence-corrected chi connectivity index (χ4v) is 4.32. The van der Waals surface area contributed by atoms with Crippen LogP contribution in [0.4, 0.5) is 0 Å². The first-order valence-electron chi connectivity index (χ1n) is 10.5. The van der Waals surface area contributed by atoms with Gasteiger partial charge in [-0.05, 0) is 11.1 Å². The minimum Gasteiger partial charge on any atom is -0.394 e. The molecule has 4 amide bonds. The molecule has 32 heavy (non-hydrogen) atoms. The van der Waals surface area contributed by atoms with Gasteiger partial charge in [-0.25, -0.2) is 0 Å². The molecule has 3 rings (SSSR count). The molecule has 174 valence electrons. The van der Waals surface area contributed by atoms with Gasteiger partial charge in [0.05, 0.1) is 13.2 Å². The summed E-state index contributed by atoms with van der Waals surface area (Å²) in [5, 5.41) is 18.8. The number of aliphatic hydroxyl groups is 2. The molecule has 2 N–H and O–H groups in total. The maximum atomic E-state index is 12.7. The molecule has 2 aliphatic rings. The van der Waals surface area contributed by atoms with Gasteiger partial charge >= 0.3 is 0 Å². The summed E-state index contributed by atoms with van der Waals surface area (Å²) in [6.45, 7) is -0.837. The van der Waals surface area contributed by atoms with Crippen LogP contribution in [0.15, 0.2) is 24.3 Å². The number of aliphatic hydroxyl groups excluding tert-OH is 2. The first kappa shape index (κ1) is 23.7. The van der Waals surface area contributed by atoms with Crippen molar-refractivity contribution < 1.29 is 29.4 Å². The predicted octanol–water partition coefficient (Wildman–Crippen LogP) is -1.91. The zero-order chi connectivity index (χ0) is 23.7. The first-order chi connectivity index (χ1) is 15.1. The fraction of sp³-hybridized carbons (Fsp3) is 0.545. The van der Waals surface area contributed by atoms with Crippen molar-refractivity contribution in [2.45, 2.75) is 37.0 Å². The topological polar surface area (TPSA) is 122 Å². The van der Waals surface area contributed by atoms with Crippen LogP contribution in [0.5, 0.6) is 0 Å². The highest BCUT2D eigenvalue weighted by atomic mass is 16.3. The standard InChI is InChI=1S/C22H30N4O6/c1-23-15(19(29)25(3)17(11-27)21(23)31)9-13-5-7-14(8-6-13)10-16-20(30)26(4)18(12-28)22(32)24(16)2/h5-8,15-18,27-28H,9-12H2,1-4H3. The molecule has 4 atom stereocenters. The van der Waals surface area contributed by atoms with E-state index in [1.165, 1.54) is 33.7 Å². The zero-order valence-corrected chi connectivity index (χ0v) is 18.8. The van der Waals surface area contributed by atoms with Crippen LogP contribution >= 0.6 is 0 Å². The van der Waals surface area contributed by atoms with Gasteiger partial charge in [0.2, 0.25) is 23.6 Å². The summed E-state index contributed by atoms with van der Waals surface area (Å²) >= 11 is 0. The van der Waals surface area contributed by atoms with Gasteiger partial charge in [0.1, 0.15) is 24.2 Å². The second-order valence-corrected chi connectivity index (χ2v) is 8.45. The predicted molar refractivity (Wildman–Crippen MR) is 114 cm³/mol.